The van der Waals surface area contributed by atoms with Crippen molar-refractivity contribution < 1.29 is 9.53 Å². The van der Waals surface area contributed by atoms with E-state index in [-0.39, 0.29) is 22.0 Å². The van der Waals surface area contributed by atoms with Crippen molar-refractivity contribution in [1.29, 1.82) is 5.26 Å². The zero-order chi connectivity index (χ0) is 23.4. The average Bonchev–Trinajstić information content (AvgIpc) is 2.82. The first-order chi connectivity index (χ1) is 16.0. The van der Waals surface area contributed by atoms with Crippen molar-refractivity contribution >= 4 is 34.2 Å². The van der Waals surface area contributed by atoms with E-state index in [1.165, 1.54) is 16.5 Å². The molecule has 3 aromatic heterocycles. The van der Waals surface area contributed by atoms with Gasteiger partial charge in [0, 0.05) is 36.5 Å². The van der Waals surface area contributed by atoms with Crippen LogP contribution in [-0.4, -0.2) is 33.1 Å². The maximum Gasteiger partial charge on any atom is 0.279 e. The normalized spacial score (nSPS) is 11.7. The van der Waals surface area contributed by atoms with Gasteiger partial charge in [-0.1, -0.05) is 23.7 Å². The molecule has 9 heteroatoms. The first-order valence-corrected chi connectivity index (χ1v) is 10.8. The molecular weight excluding hydrogens is 442 g/mol. The van der Waals surface area contributed by atoms with Crippen molar-refractivity contribution in [1.82, 2.24) is 14.0 Å². The van der Waals surface area contributed by atoms with Gasteiger partial charge >= 0.3 is 0 Å². The summed E-state index contributed by atoms with van der Waals surface area (Å²) >= 11 is 6.02. The van der Waals surface area contributed by atoms with Gasteiger partial charge in [-0.2, -0.15) is 10.3 Å². The van der Waals surface area contributed by atoms with E-state index in [9.17, 15) is 14.9 Å². The molecule has 0 atom stereocenters. The second-order valence-corrected chi connectivity index (χ2v) is 7.64. The summed E-state index contributed by atoms with van der Waals surface area (Å²) in [6.45, 7) is 3.29. The lowest BCUT2D eigenvalue weighted by atomic mass is 10.2. The minimum Gasteiger partial charge on any atom is -0.382 e. The lowest BCUT2D eigenvalue weighted by Crippen LogP contribution is -2.30. The van der Waals surface area contributed by atoms with Gasteiger partial charge in [-0.25, -0.2) is 4.98 Å². The molecule has 1 amide bonds. The molecule has 4 aromatic rings. The van der Waals surface area contributed by atoms with Crippen molar-refractivity contribution in [3.05, 3.63) is 86.7 Å². The molecule has 166 valence electrons. The molecule has 33 heavy (non-hydrogen) atoms. The number of benzene rings is 1. The number of rotatable bonds is 6. The Morgan fingerprint density at radius 3 is 2.85 bits per heavy atom. The molecule has 0 unspecified atom stereocenters. The molecule has 0 aliphatic rings. The summed E-state index contributed by atoms with van der Waals surface area (Å²) < 4.78 is 8.51. The van der Waals surface area contributed by atoms with Crippen LogP contribution in [0.3, 0.4) is 0 Å². The molecule has 0 N–H and O–H groups in total. The smallest absolute Gasteiger partial charge is 0.279 e. The highest BCUT2D eigenvalue weighted by molar-refractivity contribution is 6.31. The fourth-order valence-electron chi connectivity index (χ4n) is 3.54. The van der Waals surface area contributed by atoms with Crippen LogP contribution in [0.15, 0.2) is 64.5 Å². The number of pyridine rings is 2. The minimum atomic E-state index is -0.551. The Balaban J connectivity index is 2.01. The van der Waals surface area contributed by atoms with Gasteiger partial charge in [-0.05, 0) is 49.7 Å². The maximum atomic E-state index is 13.1. The van der Waals surface area contributed by atoms with E-state index in [4.69, 9.17) is 16.3 Å². The third-order valence-electron chi connectivity index (χ3n) is 5.06. The molecule has 1 aromatic carbocycles. The zero-order valence-electron chi connectivity index (χ0n) is 17.9. The number of aromatic nitrogens is 3. The highest BCUT2D eigenvalue weighted by atomic mass is 35.5. The van der Waals surface area contributed by atoms with Gasteiger partial charge in [0.1, 0.15) is 17.4 Å². The Morgan fingerprint density at radius 2 is 2.09 bits per heavy atom. The Morgan fingerprint density at radius 1 is 1.24 bits per heavy atom. The van der Waals surface area contributed by atoms with Gasteiger partial charge in [0.25, 0.3) is 11.5 Å². The van der Waals surface area contributed by atoms with Gasteiger partial charge in [0.05, 0.1) is 10.9 Å². The van der Waals surface area contributed by atoms with Crippen LogP contribution >= 0.6 is 11.6 Å². The number of hydrogen-bond acceptors (Lipinski definition) is 5. The van der Waals surface area contributed by atoms with Crippen LogP contribution in [0.5, 0.6) is 0 Å². The van der Waals surface area contributed by atoms with Crippen LogP contribution < -0.4 is 11.0 Å². The van der Waals surface area contributed by atoms with Crippen LogP contribution in [0.25, 0.3) is 16.7 Å². The first-order valence-electron chi connectivity index (χ1n) is 10.4. The highest BCUT2D eigenvalue weighted by Gasteiger charge is 2.15. The maximum absolute atomic E-state index is 13.1. The number of hydrogen-bond donors (Lipinski definition) is 0. The summed E-state index contributed by atoms with van der Waals surface area (Å²) in [7, 11) is 0. The monoisotopic (exact) mass is 461 g/mol. The molecule has 0 spiro atoms. The summed E-state index contributed by atoms with van der Waals surface area (Å²) in [5.74, 6) is -0.551. The topological polar surface area (TPSA) is 102 Å². The number of halogens is 1. The van der Waals surface area contributed by atoms with Crippen molar-refractivity contribution in [2.24, 2.45) is 4.99 Å². The first kappa shape index (κ1) is 22.4. The Hall–Kier alpha value is -3.80. The highest BCUT2D eigenvalue weighted by Crippen LogP contribution is 2.13. The van der Waals surface area contributed by atoms with E-state index >= 15 is 0 Å². The zero-order valence-corrected chi connectivity index (χ0v) is 18.6. The number of nitriles is 1. The molecule has 0 aliphatic carbocycles. The van der Waals surface area contributed by atoms with E-state index in [1.54, 1.807) is 47.2 Å². The molecule has 0 saturated heterocycles. The fourth-order valence-corrected chi connectivity index (χ4v) is 3.73. The van der Waals surface area contributed by atoms with Crippen LogP contribution in [0.4, 0.5) is 0 Å². The van der Waals surface area contributed by atoms with Gasteiger partial charge in [0.15, 0.2) is 5.49 Å². The number of nitrogens with zero attached hydrogens (tertiary/aromatic N) is 5. The summed E-state index contributed by atoms with van der Waals surface area (Å²) in [6.07, 6.45) is 2.20. The molecule has 0 bridgehead atoms. The number of aryl methyl sites for hydroxylation is 1. The van der Waals surface area contributed by atoms with E-state index in [2.05, 4.69) is 16.0 Å². The number of carbonyl (C=O) groups is 1. The Bertz CT molecular complexity index is 1530. The third-order valence-corrected chi connectivity index (χ3v) is 5.30. The largest absolute Gasteiger partial charge is 0.382 e. The van der Waals surface area contributed by atoms with Crippen molar-refractivity contribution in [2.45, 2.75) is 19.9 Å². The van der Waals surface area contributed by atoms with Crippen LogP contribution in [0.2, 0.25) is 5.02 Å². The third kappa shape index (κ3) is 4.55. The molecule has 0 aliphatic heterocycles. The van der Waals surface area contributed by atoms with E-state index in [0.29, 0.717) is 48.1 Å². The van der Waals surface area contributed by atoms with Crippen molar-refractivity contribution in [3.8, 4) is 6.07 Å². The van der Waals surface area contributed by atoms with E-state index < -0.39 is 5.91 Å². The molecule has 0 saturated carbocycles. The number of ether oxygens (including phenoxy) is 1. The van der Waals surface area contributed by atoms with Gasteiger partial charge in [-0.15, -0.1) is 0 Å². The van der Waals surface area contributed by atoms with Gasteiger partial charge < -0.3 is 9.30 Å². The average molecular weight is 462 g/mol. The summed E-state index contributed by atoms with van der Waals surface area (Å²) in [5, 5.41) is 10.5. The minimum absolute atomic E-state index is 0.101. The lowest BCUT2D eigenvalue weighted by Gasteiger charge is -2.13. The predicted molar refractivity (Wildman–Crippen MR) is 124 cm³/mol. The second-order valence-electron chi connectivity index (χ2n) is 7.21. The van der Waals surface area contributed by atoms with Crippen LogP contribution in [0, 0.1) is 11.3 Å². The van der Waals surface area contributed by atoms with Crippen LogP contribution in [-0.2, 0) is 11.3 Å². The molecule has 4 rings (SSSR count). The lowest BCUT2D eigenvalue weighted by molar-refractivity contribution is 0.0997. The van der Waals surface area contributed by atoms with Gasteiger partial charge in [-0.3, -0.25) is 14.0 Å². The van der Waals surface area contributed by atoms with Gasteiger partial charge in [0.2, 0.25) is 0 Å². The summed E-state index contributed by atoms with van der Waals surface area (Å²) in [4.78, 5) is 35.0. The molecule has 3 heterocycles. The molecule has 0 fully saturated rings. The number of carbonyl (C=O) groups excluding carboxylic acids is 1. The quantitative estimate of drug-likeness (QED) is 0.323. The van der Waals surface area contributed by atoms with E-state index in [0.717, 1.165) is 0 Å². The van der Waals surface area contributed by atoms with E-state index in [1.807, 2.05) is 6.92 Å². The van der Waals surface area contributed by atoms with Crippen molar-refractivity contribution in [3.63, 3.8) is 0 Å². The number of amides is 1. The molecular formula is C24H20ClN5O3. The molecule has 8 nitrogen and oxygen atoms in total. The van der Waals surface area contributed by atoms with Crippen LogP contribution in [0.1, 0.15) is 29.3 Å². The number of fused-ring (bicyclic) bond motifs is 2. The summed E-state index contributed by atoms with van der Waals surface area (Å²) in [6, 6.07) is 15.2. The second kappa shape index (κ2) is 9.77. The standard InChI is InChI=1S/C24H20ClN5O3/c1-2-33-12-6-11-30-21(28-23(31)16-7-5-8-18(25)13-16)17(15-26)14-19-22(30)27-20-9-3-4-10-29(20)24(19)32/h3-5,7-10,13-14H,2,6,11-12H2,1H3. The Kier molecular flexibility index (Phi) is 6.63. The predicted octanol–water partition coefficient (Wildman–Crippen LogP) is 3.34. The Labute approximate surface area is 194 Å². The fraction of sp³-hybridized carbons (Fsp3) is 0.208. The summed E-state index contributed by atoms with van der Waals surface area (Å²) in [5.41, 5.74) is 1.02. The SMILES string of the molecule is CCOCCCn1c(=NC(=O)c2cccc(Cl)c2)c(C#N)cc2c(=O)n3ccccc3nc21. The van der Waals surface area contributed by atoms with Crippen molar-refractivity contribution in [2.75, 3.05) is 13.2 Å². The molecule has 0 radical (unpaired) electrons.